The smallest absolute Gasteiger partial charge is 0.258 e. The zero-order valence-electron chi connectivity index (χ0n) is 21.6. The molecule has 7 heteroatoms. The number of amides is 2. The number of pyridine rings is 1. The highest BCUT2D eigenvalue weighted by Gasteiger charge is 2.27. The van der Waals surface area contributed by atoms with Crippen molar-refractivity contribution in [1.29, 1.82) is 0 Å². The van der Waals surface area contributed by atoms with Crippen LogP contribution in [0.25, 0.3) is 10.4 Å². The molecule has 1 aliphatic rings. The molecule has 39 heavy (non-hydrogen) atoms. The first-order chi connectivity index (χ1) is 19.0. The topological polar surface area (TPSA) is 74.3 Å². The van der Waals surface area contributed by atoms with E-state index in [9.17, 15) is 9.59 Å². The average molecular weight is 531 g/mol. The number of carbonyl (C=O) groups is 2. The summed E-state index contributed by atoms with van der Waals surface area (Å²) < 4.78 is 0. The molecule has 0 radical (unpaired) electrons. The van der Waals surface area contributed by atoms with Crippen molar-refractivity contribution in [3.8, 4) is 10.4 Å². The molecule has 2 N–H and O–H groups in total. The molecule has 0 aliphatic carbocycles. The zero-order chi connectivity index (χ0) is 26.9. The Hall–Kier alpha value is -4.75. The highest BCUT2D eigenvalue weighted by atomic mass is 32.1. The number of thiophene rings is 1. The van der Waals surface area contributed by atoms with Crippen LogP contribution in [-0.4, -0.2) is 16.8 Å². The van der Waals surface area contributed by atoms with Crippen molar-refractivity contribution in [2.75, 3.05) is 15.5 Å². The van der Waals surface area contributed by atoms with E-state index in [1.54, 1.807) is 22.4 Å². The van der Waals surface area contributed by atoms with Gasteiger partial charge in [0, 0.05) is 39.0 Å². The van der Waals surface area contributed by atoms with Crippen LogP contribution in [-0.2, 0) is 6.54 Å². The number of nitrogens with one attached hydrogen (secondary N) is 2. The Morgan fingerprint density at radius 3 is 2.56 bits per heavy atom. The summed E-state index contributed by atoms with van der Waals surface area (Å²) in [5, 5.41) is 8.45. The number of para-hydroxylation sites is 2. The first kappa shape index (κ1) is 24.6. The number of rotatable bonds is 4. The number of benzene rings is 3. The Labute approximate surface area is 231 Å². The molecule has 0 unspecified atom stereocenters. The number of aryl methyl sites for hydroxylation is 2. The third-order valence-corrected chi connectivity index (χ3v) is 7.82. The Bertz CT molecular complexity index is 1710. The first-order valence-electron chi connectivity index (χ1n) is 12.7. The summed E-state index contributed by atoms with van der Waals surface area (Å²) in [5.74, 6) is 0.453. The maximum absolute atomic E-state index is 14.0. The van der Waals surface area contributed by atoms with Gasteiger partial charge in [0.2, 0.25) is 0 Å². The fourth-order valence-electron chi connectivity index (χ4n) is 4.90. The van der Waals surface area contributed by atoms with E-state index >= 15 is 0 Å². The van der Waals surface area contributed by atoms with Gasteiger partial charge < -0.3 is 15.5 Å². The van der Waals surface area contributed by atoms with Crippen molar-refractivity contribution in [2.24, 2.45) is 0 Å². The van der Waals surface area contributed by atoms with E-state index in [2.05, 4.69) is 15.6 Å². The van der Waals surface area contributed by atoms with E-state index in [1.165, 1.54) is 0 Å². The lowest BCUT2D eigenvalue weighted by atomic mass is 10.0. The third kappa shape index (κ3) is 4.69. The predicted molar refractivity (Wildman–Crippen MR) is 158 cm³/mol. The van der Waals surface area contributed by atoms with Gasteiger partial charge >= 0.3 is 0 Å². The Morgan fingerprint density at radius 1 is 0.897 bits per heavy atom. The van der Waals surface area contributed by atoms with E-state index in [4.69, 9.17) is 0 Å². The van der Waals surface area contributed by atoms with Gasteiger partial charge in [-0.2, -0.15) is 0 Å². The first-order valence-corrected chi connectivity index (χ1v) is 13.5. The molecule has 192 valence electrons. The van der Waals surface area contributed by atoms with Crippen LogP contribution in [0, 0.1) is 13.8 Å². The van der Waals surface area contributed by atoms with Crippen LogP contribution in [0.15, 0.2) is 96.5 Å². The number of anilines is 4. The summed E-state index contributed by atoms with van der Waals surface area (Å²) in [7, 11) is 0. The van der Waals surface area contributed by atoms with Crippen LogP contribution in [0.1, 0.15) is 37.4 Å². The molecule has 1 aliphatic heterocycles. The lowest BCUT2D eigenvalue weighted by Gasteiger charge is -2.24. The van der Waals surface area contributed by atoms with Gasteiger partial charge in [0.1, 0.15) is 5.82 Å². The molecule has 0 saturated heterocycles. The predicted octanol–water partition coefficient (Wildman–Crippen LogP) is 7.58. The quantitative estimate of drug-likeness (QED) is 0.251. The van der Waals surface area contributed by atoms with Crippen molar-refractivity contribution >= 4 is 46.0 Å². The fraction of sp³-hybridized carbons (Fsp3) is 0.0938. The number of hydrogen-bond acceptors (Lipinski definition) is 5. The largest absolute Gasteiger partial charge is 0.338 e. The summed E-state index contributed by atoms with van der Waals surface area (Å²) in [4.78, 5) is 34.7. The molecule has 3 aromatic carbocycles. The molecule has 0 atom stereocenters. The van der Waals surface area contributed by atoms with E-state index in [0.717, 1.165) is 44.3 Å². The van der Waals surface area contributed by atoms with Gasteiger partial charge in [0.05, 0.1) is 17.9 Å². The van der Waals surface area contributed by atoms with Crippen LogP contribution >= 0.6 is 11.3 Å². The second-order valence-corrected chi connectivity index (χ2v) is 10.5. The molecule has 6 nitrogen and oxygen atoms in total. The molecule has 0 spiro atoms. The molecule has 0 bridgehead atoms. The number of hydrogen-bond donors (Lipinski definition) is 2. The van der Waals surface area contributed by atoms with Crippen molar-refractivity contribution in [2.45, 2.75) is 20.4 Å². The summed E-state index contributed by atoms with van der Waals surface area (Å²) in [5.41, 5.74) is 6.93. The van der Waals surface area contributed by atoms with Crippen LogP contribution in [0.5, 0.6) is 0 Å². The van der Waals surface area contributed by atoms with Crippen molar-refractivity contribution in [1.82, 2.24) is 4.98 Å². The molecule has 3 heterocycles. The number of aromatic nitrogens is 1. The molecular formula is C32H26N4O2S. The Morgan fingerprint density at radius 2 is 1.72 bits per heavy atom. The van der Waals surface area contributed by atoms with Gasteiger partial charge in [-0.3, -0.25) is 9.59 Å². The van der Waals surface area contributed by atoms with Crippen molar-refractivity contribution < 1.29 is 9.59 Å². The van der Waals surface area contributed by atoms with Crippen LogP contribution in [0.2, 0.25) is 0 Å². The number of fused-ring (bicyclic) bond motifs is 2. The second kappa shape index (κ2) is 10.2. The average Bonchev–Trinajstić information content (AvgIpc) is 3.43. The maximum Gasteiger partial charge on any atom is 0.258 e. The van der Waals surface area contributed by atoms with E-state index in [-0.39, 0.29) is 11.8 Å². The van der Waals surface area contributed by atoms with E-state index in [0.29, 0.717) is 23.4 Å². The minimum atomic E-state index is -0.183. The SMILES string of the molecule is Cc1cc(C(=O)N2Cc3cccnc3Nc3ccccc32)c(C)cc1NC(=O)c1ccccc1-c1cccs1. The third-order valence-electron chi connectivity index (χ3n) is 6.92. The normalized spacial score (nSPS) is 12.1. The highest BCUT2D eigenvalue weighted by molar-refractivity contribution is 7.13. The van der Waals surface area contributed by atoms with Gasteiger partial charge in [-0.05, 0) is 72.8 Å². The maximum atomic E-state index is 14.0. The lowest BCUT2D eigenvalue weighted by Crippen LogP contribution is -2.30. The van der Waals surface area contributed by atoms with Gasteiger partial charge in [-0.1, -0.05) is 42.5 Å². The minimum absolute atomic E-state index is 0.109. The lowest BCUT2D eigenvalue weighted by molar-refractivity contribution is 0.0983. The number of carbonyl (C=O) groups excluding carboxylic acids is 2. The van der Waals surface area contributed by atoms with Crippen LogP contribution in [0.4, 0.5) is 22.9 Å². The van der Waals surface area contributed by atoms with Crippen LogP contribution in [0.3, 0.4) is 0 Å². The summed E-state index contributed by atoms with van der Waals surface area (Å²) in [6, 6.07) is 26.9. The Kier molecular flexibility index (Phi) is 6.42. The van der Waals surface area contributed by atoms with Gasteiger partial charge in [-0.15, -0.1) is 11.3 Å². The zero-order valence-corrected chi connectivity index (χ0v) is 22.4. The van der Waals surface area contributed by atoms with Crippen molar-refractivity contribution in [3.05, 3.63) is 124 Å². The summed E-state index contributed by atoms with van der Waals surface area (Å²) >= 11 is 1.60. The summed E-state index contributed by atoms with van der Waals surface area (Å²) in [6.07, 6.45) is 1.74. The molecular weight excluding hydrogens is 504 g/mol. The van der Waals surface area contributed by atoms with Gasteiger partial charge in [-0.25, -0.2) is 4.98 Å². The monoisotopic (exact) mass is 530 g/mol. The number of nitrogens with zero attached hydrogens (tertiary/aromatic N) is 2. The highest BCUT2D eigenvalue weighted by Crippen LogP contribution is 2.36. The molecule has 5 aromatic rings. The Balaban J connectivity index is 1.32. The molecule has 6 rings (SSSR count). The van der Waals surface area contributed by atoms with E-state index in [1.807, 2.05) is 104 Å². The van der Waals surface area contributed by atoms with Gasteiger partial charge in [0.25, 0.3) is 11.8 Å². The standard InChI is InChI=1S/C32H26N4O2S/c1-20-18-27(35-31(37)24-11-4-3-10-23(24)29-14-8-16-39-29)21(2)17-25(20)32(38)36-19-22-9-7-15-33-30(22)34-26-12-5-6-13-28(26)36/h3-18H,19H2,1-2H3,(H,33,34)(H,35,37). The van der Waals surface area contributed by atoms with Gasteiger partial charge in [0.15, 0.2) is 0 Å². The molecule has 2 aromatic heterocycles. The summed E-state index contributed by atoms with van der Waals surface area (Å²) in [6.45, 7) is 4.20. The molecule has 0 fully saturated rings. The van der Waals surface area contributed by atoms with E-state index < -0.39 is 0 Å². The van der Waals surface area contributed by atoms with Crippen molar-refractivity contribution in [3.63, 3.8) is 0 Å². The minimum Gasteiger partial charge on any atom is -0.338 e. The second-order valence-electron chi connectivity index (χ2n) is 9.50. The van der Waals surface area contributed by atoms with Crippen LogP contribution < -0.4 is 15.5 Å². The fourth-order valence-corrected chi connectivity index (χ4v) is 5.67. The molecule has 0 saturated carbocycles. The molecule has 2 amide bonds.